The van der Waals surface area contributed by atoms with E-state index in [1.165, 1.54) is 6.07 Å². The van der Waals surface area contributed by atoms with Crippen molar-refractivity contribution in [1.82, 2.24) is 4.98 Å². The second kappa shape index (κ2) is 5.83. The molecule has 0 aromatic carbocycles. The SMILES string of the molecule is N#Cc1nc(NCC(O)C(F)F)ccc1[N+](=O)[O-]. The largest absolute Gasteiger partial charge is 0.385 e. The normalized spacial score (nSPS) is 11.9. The molecule has 18 heavy (non-hydrogen) atoms. The third-order valence-corrected chi connectivity index (χ3v) is 1.96. The highest BCUT2D eigenvalue weighted by molar-refractivity contribution is 5.50. The molecule has 1 rings (SSSR count). The molecule has 2 N–H and O–H groups in total. The van der Waals surface area contributed by atoms with Crippen LogP contribution in [0.4, 0.5) is 20.3 Å². The van der Waals surface area contributed by atoms with Crippen molar-refractivity contribution in [2.24, 2.45) is 0 Å². The lowest BCUT2D eigenvalue weighted by atomic mass is 10.3. The maximum absolute atomic E-state index is 12.0. The Morgan fingerprint density at radius 1 is 1.61 bits per heavy atom. The molecule has 0 spiro atoms. The first-order valence-corrected chi connectivity index (χ1v) is 4.71. The van der Waals surface area contributed by atoms with Crippen molar-refractivity contribution in [2.75, 3.05) is 11.9 Å². The third-order valence-electron chi connectivity index (χ3n) is 1.96. The van der Waals surface area contributed by atoms with E-state index in [1.54, 1.807) is 0 Å². The summed E-state index contributed by atoms with van der Waals surface area (Å²) < 4.78 is 24.0. The van der Waals surface area contributed by atoms with E-state index >= 15 is 0 Å². The number of rotatable bonds is 5. The van der Waals surface area contributed by atoms with E-state index in [2.05, 4.69) is 10.3 Å². The molecule has 1 heterocycles. The molecule has 0 fully saturated rings. The van der Waals surface area contributed by atoms with Crippen LogP contribution < -0.4 is 5.32 Å². The summed E-state index contributed by atoms with van der Waals surface area (Å²) in [6.45, 7) is -0.479. The van der Waals surface area contributed by atoms with E-state index in [9.17, 15) is 18.9 Å². The second-order valence-electron chi connectivity index (χ2n) is 3.22. The van der Waals surface area contributed by atoms with Gasteiger partial charge in [0.1, 0.15) is 18.0 Å². The molecule has 0 aliphatic rings. The minimum absolute atomic E-state index is 0.00292. The molecule has 1 unspecified atom stereocenters. The van der Waals surface area contributed by atoms with Gasteiger partial charge in [-0.2, -0.15) is 5.26 Å². The molecule has 1 aromatic rings. The predicted octanol–water partition coefficient (Wildman–Crippen LogP) is 0.899. The number of nitrogens with one attached hydrogen (secondary N) is 1. The average Bonchev–Trinajstić information content (AvgIpc) is 2.34. The van der Waals surface area contributed by atoms with Crippen molar-refractivity contribution in [3.05, 3.63) is 27.9 Å². The summed E-state index contributed by atoms with van der Waals surface area (Å²) in [4.78, 5) is 13.3. The number of nitrogens with zero attached hydrogens (tertiary/aromatic N) is 3. The first-order valence-electron chi connectivity index (χ1n) is 4.71. The van der Waals surface area contributed by atoms with Crippen molar-refractivity contribution >= 4 is 11.5 Å². The fourth-order valence-corrected chi connectivity index (χ4v) is 1.08. The predicted molar refractivity (Wildman–Crippen MR) is 56.1 cm³/mol. The lowest BCUT2D eigenvalue weighted by Crippen LogP contribution is -2.27. The molecule has 1 atom stereocenters. The van der Waals surface area contributed by atoms with E-state index < -0.39 is 35.4 Å². The van der Waals surface area contributed by atoms with Crippen molar-refractivity contribution in [2.45, 2.75) is 12.5 Å². The molecule has 0 saturated carbocycles. The topological polar surface area (TPSA) is 112 Å². The third kappa shape index (κ3) is 3.33. The van der Waals surface area contributed by atoms with Crippen LogP contribution in [0.15, 0.2) is 12.1 Å². The first kappa shape index (κ1) is 13.7. The van der Waals surface area contributed by atoms with Gasteiger partial charge in [0, 0.05) is 12.6 Å². The van der Waals surface area contributed by atoms with Gasteiger partial charge in [-0.25, -0.2) is 13.8 Å². The number of aliphatic hydroxyl groups is 1. The Bertz CT molecular complexity index is 489. The van der Waals surface area contributed by atoms with Gasteiger partial charge >= 0.3 is 5.69 Å². The molecular weight excluding hydrogens is 250 g/mol. The van der Waals surface area contributed by atoms with Crippen molar-refractivity contribution in [1.29, 1.82) is 5.26 Å². The first-order chi connectivity index (χ1) is 8.45. The minimum Gasteiger partial charge on any atom is -0.385 e. The molecule has 0 saturated heterocycles. The van der Waals surface area contributed by atoms with Gasteiger partial charge in [0.05, 0.1) is 4.92 Å². The number of hydrogen-bond acceptors (Lipinski definition) is 6. The Hall–Kier alpha value is -2.34. The fraction of sp³-hybridized carbons (Fsp3) is 0.333. The summed E-state index contributed by atoms with van der Waals surface area (Å²) in [6, 6.07) is 3.72. The van der Waals surface area contributed by atoms with Crippen LogP contribution in [-0.4, -0.2) is 34.1 Å². The summed E-state index contributed by atoms with van der Waals surface area (Å²) in [7, 11) is 0. The van der Waals surface area contributed by atoms with Gasteiger partial charge in [-0.3, -0.25) is 10.1 Å². The van der Waals surface area contributed by atoms with Gasteiger partial charge in [0.25, 0.3) is 6.43 Å². The van der Waals surface area contributed by atoms with Crippen LogP contribution in [0.3, 0.4) is 0 Å². The van der Waals surface area contributed by atoms with Crippen LogP contribution in [0.2, 0.25) is 0 Å². The zero-order valence-electron chi connectivity index (χ0n) is 8.88. The summed E-state index contributed by atoms with van der Waals surface area (Å²) in [5.74, 6) is -0.00292. The lowest BCUT2D eigenvalue weighted by Gasteiger charge is -2.10. The van der Waals surface area contributed by atoms with E-state index in [-0.39, 0.29) is 5.82 Å². The van der Waals surface area contributed by atoms with E-state index in [0.717, 1.165) is 12.1 Å². The summed E-state index contributed by atoms with van der Waals surface area (Å²) in [5.41, 5.74) is -0.908. The van der Waals surface area contributed by atoms with E-state index in [1.807, 2.05) is 0 Å². The Morgan fingerprint density at radius 2 is 2.28 bits per heavy atom. The summed E-state index contributed by atoms with van der Waals surface area (Å²) in [6.07, 6.45) is -4.79. The van der Waals surface area contributed by atoms with Crippen LogP contribution >= 0.6 is 0 Å². The Labute approximate surface area is 99.8 Å². The molecule has 1 aromatic heterocycles. The lowest BCUT2D eigenvalue weighted by molar-refractivity contribution is -0.385. The highest BCUT2D eigenvalue weighted by Crippen LogP contribution is 2.18. The molecule has 9 heteroatoms. The van der Waals surface area contributed by atoms with Crippen LogP contribution in [0, 0.1) is 21.4 Å². The number of aromatic nitrogens is 1. The molecule has 7 nitrogen and oxygen atoms in total. The molecule has 0 bridgehead atoms. The minimum atomic E-state index is -2.91. The highest BCUT2D eigenvalue weighted by atomic mass is 19.3. The van der Waals surface area contributed by atoms with Crippen molar-refractivity contribution in [3.63, 3.8) is 0 Å². The molecule has 96 valence electrons. The maximum atomic E-state index is 12.0. The number of halogens is 2. The molecule has 0 radical (unpaired) electrons. The van der Waals surface area contributed by atoms with Crippen LogP contribution in [-0.2, 0) is 0 Å². The van der Waals surface area contributed by atoms with Gasteiger partial charge in [-0.05, 0) is 6.07 Å². The smallest absolute Gasteiger partial charge is 0.305 e. The van der Waals surface area contributed by atoms with Gasteiger partial charge in [0.2, 0.25) is 5.69 Å². The highest BCUT2D eigenvalue weighted by Gasteiger charge is 2.18. The number of pyridine rings is 1. The number of alkyl halides is 2. The number of anilines is 1. The van der Waals surface area contributed by atoms with E-state index in [4.69, 9.17) is 10.4 Å². The number of nitriles is 1. The molecular formula is C9H8F2N4O3. The Kier molecular flexibility index (Phi) is 4.45. The van der Waals surface area contributed by atoms with E-state index in [0.29, 0.717) is 0 Å². The quantitative estimate of drug-likeness (QED) is 0.599. The van der Waals surface area contributed by atoms with Gasteiger partial charge in [0.15, 0.2) is 0 Å². The fourth-order valence-electron chi connectivity index (χ4n) is 1.08. The Balaban J connectivity index is 2.81. The van der Waals surface area contributed by atoms with Gasteiger partial charge in [-0.15, -0.1) is 0 Å². The number of hydrogen-bond donors (Lipinski definition) is 2. The van der Waals surface area contributed by atoms with Gasteiger partial charge in [-0.1, -0.05) is 0 Å². The monoisotopic (exact) mass is 258 g/mol. The maximum Gasteiger partial charge on any atom is 0.305 e. The van der Waals surface area contributed by atoms with Crippen molar-refractivity contribution in [3.8, 4) is 6.07 Å². The zero-order chi connectivity index (χ0) is 13.7. The van der Waals surface area contributed by atoms with Crippen molar-refractivity contribution < 1.29 is 18.8 Å². The standard InChI is InChI=1S/C9H8F2N4O3/c10-9(11)7(16)4-13-8-2-1-6(15(17)18)5(3-12)14-8/h1-2,7,9,16H,4H2,(H,13,14). The van der Waals surface area contributed by atoms with Crippen LogP contribution in [0.1, 0.15) is 5.69 Å². The van der Waals surface area contributed by atoms with Crippen LogP contribution in [0.5, 0.6) is 0 Å². The summed E-state index contributed by atoms with van der Waals surface area (Å²) >= 11 is 0. The summed E-state index contributed by atoms with van der Waals surface area (Å²) in [5, 5.41) is 30.3. The Morgan fingerprint density at radius 3 is 2.78 bits per heavy atom. The molecule has 0 aliphatic heterocycles. The molecule has 0 aliphatic carbocycles. The number of nitro groups is 1. The number of aliphatic hydroxyl groups excluding tert-OH is 1. The molecule has 0 amide bonds. The van der Waals surface area contributed by atoms with Gasteiger partial charge < -0.3 is 10.4 Å². The average molecular weight is 258 g/mol. The van der Waals surface area contributed by atoms with Crippen LogP contribution in [0.25, 0.3) is 0 Å². The zero-order valence-corrected chi connectivity index (χ0v) is 8.88. The second-order valence-corrected chi connectivity index (χ2v) is 3.22.